The highest BCUT2D eigenvalue weighted by atomic mass is 35.5. The highest BCUT2D eigenvalue weighted by Crippen LogP contribution is 2.16. The zero-order chi connectivity index (χ0) is 18.9. The molecule has 2 N–H and O–H groups in total. The van der Waals surface area contributed by atoms with Crippen LogP contribution in [0.1, 0.15) is 36.2 Å². The molecule has 26 heavy (non-hydrogen) atoms. The quantitative estimate of drug-likeness (QED) is 0.725. The second kappa shape index (κ2) is 9.82. The van der Waals surface area contributed by atoms with Gasteiger partial charge in [0, 0.05) is 17.0 Å². The van der Waals surface area contributed by atoms with E-state index in [4.69, 9.17) is 16.3 Å². The molecule has 6 heteroatoms. The molecule has 5 nitrogen and oxygen atoms in total. The first-order valence-corrected chi connectivity index (χ1v) is 8.89. The molecule has 138 valence electrons. The zero-order valence-electron chi connectivity index (χ0n) is 14.9. The molecule has 2 aromatic rings. The number of hydrazine groups is 1. The number of hydrogen-bond donors (Lipinski definition) is 2. The number of rotatable bonds is 7. The molecule has 2 aromatic carbocycles. The van der Waals surface area contributed by atoms with Gasteiger partial charge in [0.2, 0.25) is 5.91 Å². The maximum absolute atomic E-state index is 12.1. The van der Waals surface area contributed by atoms with Gasteiger partial charge in [0.1, 0.15) is 5.75 Å². The Morgan fingerprint density at radius 3 is 2.38 bits per heavy atom. The summed E-state index contributed by atoms with van der Waals surface area (Å²) in [6.07, 6.45) is 0.731. The van der Waals surface area contributed by atoms with E-state index in [1.54, 1.807) is 30.3 Å². The number of amides is 2. The first-order chi connectivity index (χ1) is 12.5. The van der Waals surface area contributed by atoms with Gasteiger partial charge in [-0.1, -0.05) is 43.6 Å². The number of carbonyl (C=O) groups is 2. The second-order valence-corrected chi connectivity index (χ2v) is 6.73. The number of benzene rings is 2. The van der Waals surface area contributed by atoms with Gasteiger partial charge < -0.3 is 4.74 Å². The summed E-state index contributed by atoms with van der Waals surface area (Å²) >= 11 is 6.06. The van der Waals surface area contributed by atoms with Crippen LogP contribution in [-0.2, 0) is 11.2 Å². The minimum absolute atomic E-state index is 0.228. The summed E-state index contributed by atoms with van der Waals surface area (Å²) in [6.45, 7) is 4.75. The van der Waals surface area contributed by atoms with Gasteiger partial charge in [-0.3, -0.25) is 20.4 Å². The summed E-state index contributed by atoms with van der Waals surface area (Å²) in [5, 5.41) is 0.629. The fourth-order valence-corrected chi connectivity index (χ4v) is 2.41. The van der Waals surface area contributed by atoms with Crippen molar-refractivity contribution in [3.63, 3.8) is 0 Å². The molecule has 2 amide bonds. The molecule has 0 fully saturated rings. The molecule has 2 rings (SSSR count). The number of aryl methyl sites for hydroxylation is 1. The van der Waals surface area contributed by atoms with Gasteiger partial charge in [-0.15, -0.1) is 0 Å². The molecule has 0 saturated heterocycles. The summed E-state index contributed by atoms with van der Waals surface area (Å²) in [6, 6.07) is 14.1. The van der Waals surface area contributed by atoms with E-state index >= 15 is 0 Å². The normalized spacial score (nSPS) is 10.5. The van der Waals surface area contributed by atoms with Crippen molar-refractivity contribution in [3.05, 3.63) is 64.7 Å². The van der Waals surface area contributed by atoms with Crippen LogP contribution in [0.15, 0.2) is 48.5 Å². The van der Waals surface area contributed by atoms with Gasteiger partial charge >= 0.3 is 0 Å². The third-order valence-electron chi connectivity index (χ3n) is 3.59. The van der Waals surface area contributed by atoms with Crippen LogP contribution in [0.3, 0.4) is 0 Å². The average molecular weight is 375 g/mol. The fourth-order valence-electron chi connectivity index (χ4n) is 2.18. The van der Waals surface area contributed by atoms with Crippen molar-refractivity contribution in [2.75, 3.05) is 6.61 Å². The molecular formula is C20H23ClN2O3. The molecule has 0 saturated carbocycles. The van der Waals surface area contributed by atoms with Crippen LogP contribution in [0.25, 0.3) is 0 Å². The van der Waals surface area contributed by atoms with E-state index in [9.17, 15) is 9.59 Å². The van der Waals surface area contributed by atoms with E-state index in [1.165, 1.54) is 0 Å². The van der Waals surface area contributed by atoms with Gasteiger partial charge in [0.25, 0.3) is 5.91 Å². The lowest BCUT2D eigenvalue weighted by molar-refractivity contribution is -0.121. The minimum atomic E-state index is -0.383. The summed E-state index contributed by atoms with van der Waals surface area (Å²) in [4.78, 5) is 23.9. The van der Waals surface area contributed by atoms with Crippen molar-refractivity contribution in [2.24, 2.45) is 5.92 Å². The summed E-state index contributed by atoms with van der Waals surface area (Å²) in [5.41, 5.74) is 6.15. The Morgan fingerprint density at radius 1 is 1.04 bits per heavy atom. The predicted octanol–water partition coefficient (Wildman–Crippen LogP) is 3.77. The molecule has 0 unspecified atom stereocenters. The fraction of sp³-hybridized carbons (Fsp3) is 0.300. The first kappa shape index (κ1) is 19.8. The van der Waals surface area contributed by atoms with Gasteiger partial charge in [-0.2, -0.15) is 0 Å². The first-order valence-electron chi connectivity index (χ1n) is 8.51. The largest absolute Gasteiger partial charge is 0.493 e. The van der Waals surface area contributed by atoms with Gasteiger partial charge in [0.15, 0.2) is 0 Å². The molecule has 0 aliphatic rings. The van der Waals surface area contributed by atoms with Crippen LogP contribution in [0.2, 0.25) is 5.02 Å². The average Bonchev–Trinajstić information content (AvgIpc) is 2.64. The van der Waals surface area contributed by atoms with Crippen molar-refractivity contribution in [2.45, 2.75) is 26.7 Å². The number of ether oxygens (including phenoxy) is 1. The van der Waals surface area contributed by atoms with Crippen LogP contribution in [-0.4, -0.2) is 18.4 Å². The smallest absolute Gasteiger partial charge is 0.269 e. The molecule has 0 radical (unpaired) electrons. The molecule has 0 aliphatic heterocycles. The maximum atomic E-state index is 12.1. The minimum Gasteiger partial charge on any atom is -0.493 e. The van der Waals surface area contributed by atoms with Crippen LogP contribution in [0, 0.1) is 5.92 Å². The second-order valence-electron chi connectivity index (χ2n) is 6.32. The van der Waals surface area contributed by atoms with Crippen molar-refractivity contribution < 1.29 is 14.3 Å². The summed E-state index contributed by atoms with van der Waals surface area (Å²) < 4.78 is 5.57. The lowest BCUT2D eigenvalue weighted by atomic mass is 10.1. The Balaban J connectivity index is 1.77. The Bertz CT molecular complexity index is 745. The van der Waals surface area contributed by atoms with Gasteiger partial charge in [-0.05, 0) is 48.2 Å². The van der Waals surface area contributed by atoms with E-state index in [0.717, 1.165) is 5.56 Å². The third kappa shape index (κ3) is 6.41. The Morgan fingerprint density at radius 2 is 1.73 bits per heavy atom. The lowest BCUT2D eigenvalue weighted by Gasteiger charge is -2.10. The van der Waals surface area contributed by atoms with E-state index in [2.05, 4.69) is 24.7 Å². The summed E-state index contributed by atoms with van der Waals surface area (Å²) in [5.74, 6) is 0.472. The van der Waals surface area contributed by atoms with Crippen molar-refractivity contribution >= 4 is 23.4 Å². The molecule has 0 atom stereocenters. The van der Waals surface area contributed by atoms with E-state index in [-0.39, 0.29) is 18.2 Å². The monoisotopic (exact) mass is 374 g/mol. The third-order valence-corrected chi connectivity index (χ3v) is 3.96. The molecule has 0 aromatic heterocycles. The van der Waals surface area contributed by atoms with Gasteiger partial charge in [-0.25, -0.2) is 0 Å². The van der Waals surface area contributed by atoms with Crippen molar-refractivity contribution in [1.29, 1.82) is 0 Å². The van der Waals surface area contributed by atoms with Crippen molar-refractivity contribution in [3.8, 4) is 5.75 Å². The van der Waals surface area contributed by atoms with Crippen molar-refractivity contribution in [1.82, 2.24) is 10.9 Å². The van der Waals surface area contributed by atoms with Crippen LogP contribution in [0.4, 0.5) is 0 Å². The van der Waals surface area contributed by atoms with Crippen LogP contribution in [0.5, 0.6) is 5.75 Å². The van der Waals surface area contributed by atoms with E-state index in [0.29, 0.717) is 35.3 Å². The molecule has 0 spiro atoms. The number of nitrogens with one attached hydrogen (secondary N) is 2. The maximum Gasteiger partial charge on any atom is 0.269 e. The van der Waals surface area contributed by atoms with Gasteiger partial charge in [0.05, 0.1) is 6.61 Å². The van der Waals surface area contributed by atoms with E-state index in [1.807, 2.05) is 18.2 Å². The highest BCUT2D eigenvalue weighted by molar-refractivity contribution is 6.31. The lowest BCUT2D eigenvalue weighted by Crippen LogP contribution is -2.41. The molecule has 0 heterocycles. The summed E-state index contributed by atoms with van der Waals surface area (Å²) in [7, 11) is 0. The number of carbonyl (C=O) groups excluding carboxylic acids is 2. The Hall–Kier alpha value is -2.53. The number of hydrogen-bond acceptors (Lipinski definition) is 3. The standard InChI is InChI=1S/C20H23ClN2O3/c1-14(2)13-26-17-10-7-16(8-11-17)20(25)23-22-19(24)12-9-15-5-3-4-6-18(15)21/h3-8,10-11,14H,9,12-13H2,1-2H3,(H,22,24)(H,23,25). The SMILES string of the molecule is CC(C)COc1ccc(C(=O)NNC(=O)CCc2ccccc2Cl)cc1. The van der Waals surface area contributed by atoms with Crippen LogP contribution < -0.4 is 15.6 Å². The topological polar surface area (TPSA) is 67.4 Å². The van der Waals surface area contributed by atoms with E-state index < -0.39 is 0 Å². The molecular weight excluding hydrogens is 352 g/mol. The van der Waals surface area contributed by atoms with Crippen LogP contribution >= 0.6 is 11.6 Å². The number of halogens is 1. The zero-order valence-corrected chi connectivity index (χ0v) is 15.7. The molecule has 0 aliphatic carbocycles. The Labute approximate surface area is 158 Å². The predicted molar refractivity (Wildman–Crippen MR) is 102 cm³/mol. The highest BCUT2D eigenvalue weighted by Gasteiger charge is 2.09. The Kier molecular flexibility index (Phi) is 7.48. The molecule has 0 bridgehead atoms.